The van der Waals surface area contributed by atoms with Crippen molar-refractivity contribution in [1.82, 2.24) is 30.7 Å². The standard InChI is InChI=1S/C29H39F3N6O3/c1-3-23-18-37(27(40)19-14-21(15-19)29(30,31)32)12-13-38(23)24-7-9-28(41-4-2,20-6-5-10-33-16-20)36-25(24)26(39)35-22-8-11-34-17-22/h5-7,9-10,16,19,21-23,34,36H,3-4,8,11-15,17-18H2,1-2H3,(H,35,39)/t19?,21?,22-,23-,28?/m1/s1. The van der Waals surface area contributed by atoms with Gasteiger partial charge in [-0.05, 0) is 57.4 Å². The highest BCUT2D eigenvalue weighted by Gasteiger charge is 2.51. The van der Waals surface area contributed by atoms with E-state index in [0.717, 1.165) is 18.5 Å². The summed E-state index contributed by atoms with van der Waals surface area (Å²) < 4.78 is 45.2. The number of ether oxygens (including phenoxy) is 1. The van der Waals surface area contributed by atoms with Crippen LogP contribution in [-0.4, -0.2) is 84.2 Å². The Morgan fingerprint density at radius 1 is 1.24 bits per heavy atom. The summed E-state index contributed by atoms with van der Waals surface area (Å²) in [7, 11) is 0. The van der Waals surface area contributed by atoms with Crippen molar-refractivity contribution in [3.8, 4) is 0 Å². The van der Waals surface area contributed by atoms with Gasteiger partial charge in [0.1, 0.15) is 5.70 Å². The van der Waals surface area contributed by atoms with Gasteiger partial charge in [0.2, 0.25) is 5.91 Å². The van der Waals surface area contributed by atoms with E-state index in [1.54, 1.807) is 17.3 Å². The van der Waals surface area contributed by atoms with Gasteiger partial charge in [-0.3, -0.25) is 14.6 Å². The molecule has 4 heterocycles. The zero-order valence-electron chi connectivity index (χ0n) is 23.5. The predicted molar refractivity (Wildman–Crippen MR) is 146 cm³/mol. The number of carbonyl (C=O) groups is 2. The monoisotopic (exact) mass is 576 g/mol. The summed E-state index contributed by atoms with van der Waals surface area (Å²) in [6, 6.07) is 3.60. The number of halogens is 3. The number of piperazine rings is 1. The number of amides is 2. The molecule has 224 valence electrons. The highest BCUT2D eigenvalue weighted by atomic mass is 19.4. The summed E-state index contributed by atoms with van der Waals surface area (Å²) in [6.07, 6.45) is 4.20. The molecule has 0 spiro atoms. The largest absolute Gasteiger partial charge is 0.391 e. The van der Waals surface area contributed by atoms with Gasteiger partial charge in [-0.1, -0.05) is 13.0 Å². The van der Waals surface area contributed by atoms with Gasteiger partial charge < -0.3 is 30.5 Å². The summed E-state index contributed by atoms with van der Waals surface area (Å²) in [5, 5.41) is 9.82. The minimum absolute atomic E-state index is 0.00304. The van der Waals surface area contributed by atoms with Gasteiger partial charge in [0.25, 0.3) is 5.91 Å². The van der Waals surface area contributed by atoms with Crippen molar-refractivity contribution in [3.63, 3.8) is 0 Å². The third-order valence-corrected chi connectivity index (χ3v) is 8.65. The van der Waals surface area contributed by atoms with E-state index in [-0.39, 0.29) is 36.7 Å². The van der Waals surface area contributed by atoms with E-state index in [0.29, 0.717) is 50.6 Å². The topological polar surface area (TPSA) is 98.8 Å². The summed E-state index contributed by atoms with van der Waals surface area (Å²) >= 11 is 0. The minimum Gasteiger partial charge on any atom is -0.363 e. The molecule has 5 rings (SSSR count). The first-order chi connectivity index (χ1) is 19.6. The summed E-state index contributed by atoms with van der Waals surface area (Å²) in [5.41, 5.74) is 0.741. The lowest BCUT2D eigenvalue weighted by molar-refractivity contribution is -0.206. The molecule has 1 aromatic rings. The zero-order valence-corrected chi connectivity index (χ0v) is 23.5. The van der Waals surface area contributed by atoms with Gasteiger partial charge in [-0.25, -0.2) is 0 Å². The maximum Gasteiger partial charge on any atom is 0.391 e. The molecule has 3 atom stereocenters. The number of allylic oxidation sites excluding steroid dienone is 1. The van der Waals surface area contributed by atoms with Crippen LogP contribution in [0.4, 0.5) is 13.2 Å². The molecule has 12 heteroatoms. The number of pyridine rings is 1. The Bertz CT molecular complexity index is 1160. The molecule has 3 fully saturated rings. The molecule has 3 aliphatic heterocycles. The molecule has 1 saturated carbocycles. The number of nitrogens with one attached hydrogen (secondary N) is 3. The van der Waals surface area contributed by atoms with Crippen LogP contribution in [-0.2, 0) is 20.1 Å². The molecular weight excluding hydrogens is 537 g/mol. The van der Waals surface area contributed by atoms with E-state index >= 15 is 0 Å². The van der Waals surface area contributed by atoms with Crippen molar-refractivity contribution in [2.75, 3.05) is 39.3 Å². The number of dihydropyridines is 1. The molecule has 0 aromatic carbocycles. The van der Waals surface area contributed by atoms with Gasteiger partial charge in [0, 0.05) is 68.7 Å². The van der Waals surface area contributed by atoms with E-state index in [2.05, 4.69) is 25.8 Å². The lowest BCUT2D eigenvalue weighted by Crippen LogP contribution is -2.58. The number of hydrogen-bond donors (Lipinski definition) is 3. The number of carbonyl (C=O) groups excluding carboxylic acids is 2. The average molecular weight is 577 g/mol. The highest BCUT2D eigenvalue weighted by molar-refractivity contribution is 5.95. The Kier molecular flexibility index (Phi) is 8.60. The highest BCUT2D eigenvalue weighted by Crippen LogP contribution is 2.45. The van der Waals surface area contributed by atoms with Crippen LogP contribution < -0.4 is 16.0 Å². The molecule has 2 amide bonds. The first-order valence-electron chi connectivity index (χ1n) is 14.5. The van der Waals surface area contributed by atoms with Crippen molar-refractivity contribution < 1.29 is 27.5 Å². The molecule has 2 saturated heterocycles. The predicted octanol–water partition coefficient (Wildman–Crippen LogP) is 2.63. The minimum atomic E-state index is -4.24. The van der Waals surface area contributed by atoms with Gasteiger partial charge in [-0.2, -0.15) is 13.2 Å². The van der Waals surface area contributed by atoms with Crippen LogP contribution >= 0.6 is 0 Å². The Hall–Kier alpha value is -3.12. The number of nitrogens with zero attached hydrogens (tertiary/aromatic N) is 3. The molecule has 0 radical (unpaired) electrons. The van der Waals surface area contributed by atoms with Crippen LogP contribution in [0.5, 0.6) is 0 Å². The van der Waals surface area contributed by atoms with Crippen LogP contribution in [0.2, 0.25) is 0 Å². The molecule has 3 N–H and O–H groups in total. The molecule has 4 aliphatic rings. The molecule has 1 aromatic heterocycles. The molecular formula is C29H39F3N6O3. The second kappa shape index (κ2) is 12.0. The second-order valence-electron chi connectivity index (χ2n) is 11.2. The molecule has 41 heavy (non-hydrogen) atoms. The van der Waals surface area contributed by atoms with E-state index in [4.69, 9.17) is 4.74 Å². The fraction of sp³-hybridized carbons (Fsp3) is 0.621. The number of rotatable bonds is 8. The SMILES string of the molecule is CCOC1(c2cccnc2)C=CC(N2CCN(C(=O)C3CC(C(F)(F)F)C3)C[C@H]2CC)=C(C(=O)N[C@@H]2CCNC2)N1. The van der Waals surface area contributed by atoms with Crippen LogP contribution in [0.25, 0.3) is 0 Å². The Balaban J connectivity index is 1.39. The van der Waals surface area contributed by atoms with Gasteiger partial charge in [0.05, 0.1) is 11.6 Å². The van der Waals surface area contributed by atoms with Crippen LogP contribution in [0.3, 0.4) is 0 Å². The van der Waals surface area contributed by atoms with Crippen molar-refractivity contribution in [1.29, 1.82) is 0 Å². The van der Waals surface area contributed by atoms with E-state index < -0.39 is 23.7 Å². The third kappa shape index (κ3) is 6.08. The number of alkyl halides is 3. The smallest absolute Gasteiger partial charge is 0.363 e. The summed E-state index contributed by atoms with van der Waals surface area (Å²) in [5.74, 6) is -2.40. The van der Waals surface area contributed by atoms with E-state index in [9.17, 15) is 22.8 Å². The maximum atomic E-state index is 13.8. The van der Waals surface area contributed by atoms with Crippen LogP contribution in [0.15, 0.2) is 48.1 Å². The van der Waals surface area contributed by atoms with E-state index in [1.807, 2.05) is 38.1 Å². The summed E-state index contributed by atoms with van der Waals surface area (Å²) in [4.78, 5) is 35.0. The normalized spacial score (nSPS) is 30.2. The Morgan fingerprint density at radius 2 is 2.05 bits per heavy atom. The molecule has 1 unspecified atom stereocenters. The third-order valence-electron chi connectivity index (χ3n) is 8.65. The Morgan fingerprint density at radius 3 is 2.68 bits per heavy atom. The quantitative estimate of drug-likeness (QED) is 0.438. The van der Waals surface area contributed by atoms with Crippen molar-refractivity contribution >= 4 is 11.8 Å². The van der Waals surface area contributed by atoms with Gasteiger partial charge in [0.15, 0.2) is 5.72 Å². The lowest BCUT2D eigenvalue weighted by atomic mass is 9.73. The maximum absolute atomic E-state index is 13.8. The van der Waals surface area contributed by atoms with Crippen molar-refractivity contribution in [2.24, 2.45) is 11.8 Å². The molecule has 0 bridgehead atoms. The van der Waals surface area contributed by atoms with Crippen LogP contribution in [0, 0.1) is 11.8 Å². The average Bonchev–Trinajstić information content (AvgIpc) is 3.45. The first kappa shape index (κ1) is 29.4. The number of hydrogen-bond acceptors (Lipinski definition) is 7. The molecule has 9 nitrogen and oxygen atoms in total. The molecule has 1 aliphatic carbocycles. The Labute approximate surface area is 238 Å². The zero-order chi connectivity index (χ0) is 29.2. The lowest BCUT2D eigenvalue weighted by Gasteiger charge is -2.47. The fourth-order valence-corrected chi connectivity index (χ4v) is 6.23. The van der Waals surface area contributed by atoms with Crippen molar-refractivity contribution in [3.05, 3.63) is 53.6 Å². The first-order valence-corrected chi connectivity index (χ1v) is 14.5. The fourth-order valence-electron chi connectivity index (χ4n) is 6.23. The second-order valence-corrected chi connectivity index (χ2v) is 11.2. The van der Waals surface area contributed by atoms with Gasteiger partial charge in [-0.15, -0.1) is 0 Å². The van der Waals surface area contributed by atoms with Crippen molar-refractivity contribution in [2.45, 2.75) is 63.5 Å². The summed E-state index contributed by atoms with van der Waals surface area (Å²) in [6.45, 7) is 7.04. The van der Waals surface area contributed by atoms with Crippen LogP contribution in [0.1, 0.15) is 45.1 Å². The number of aromatic nitrogens is 1. The van der Waals surface area contributed by atoms with E-state index in [1.165, 1.54) is 0 Å². The van der Waals surface area contributed by atoms with Gasteiger partial charge >= 0.3 is 6.18 Å².